The Labute approximate surface area is 134 Å². The van der Waals surface area contributed by atoms with E-state index in [4.69, 9.17) is 9.47 Å². The van der Waals surface area contributed by atoms with E-state index in [0.717, 1.165) is 45.3 Å². The van der Waals surface area contributed by atoms with Gasteiger partial charge in [0.15, 0.2) is 6.29 Å². The molecule has 0 saturated carbocycles. The van der Waals surface area contributed by atoms with Gasteiger partial charge in [-0.3, -0.25) is 0 Å². The van der Waals surface area contributed by atoms with Crippen LogP contribution in [0.3, 0.4) is 0 Å². The van der Waals surface area contributed by atoms with Crippen LogP contribution in [-0.2, 0) is 9.47 Å². The number of halogens is 1. The van der Waals surface area contributed by atoms with E-state index in [-0.39, 0.29) is 53.3 Å². The van der Waals surface area contributed by atoms with Gasteiger partial charge in [-0.2, -0.15) is 6.42 Å². The molecule has 0 aliphatic carbocycles. The summed E-state index contributed by atoms with van der Waals surface area (Å²) in [5, 5.41) is 0. The predicted octanol–water partition coefficient (Wildman–Crippen LogP) is 0.183. The summed E-state index contributed by atoms with van der Waals surface area (Å²) in [7, 11) is 0. The molecule has 0 fully saturated rings. The monoisotopic (exact) mass is 352 g/mol. The molecule has 0 aromatic carbocycles. The molecule has 0 bridgehead atoms. The van der Waals surface area contributed by atoms with Gasteiger partial charge in [-0.25, -0.2) is 0 Å². The van der Waals surface area contributed by atoms with Crippen LogP contribution in [0.5, 0.6) is 0 Å². The molecular weight excluding hydrogens is 327 g/mol. The van der Waals surface area contributed by atoms with E-state index in [2.05, 4.69) is 20.8 Å². The number of rotatable bonds is 10. The third-order valence-corrected chi connectivity index (χ3v) is 1.96. The molecule has 0 rings (SSSR count). The molecule has 0 atom stereocenters. The van der Waals surface area contributed by atoms with Crippen LogP contribution in [0.2, 0.25) is 0 Å². The maximum atomic E-state index is 5.60. The molecule has 2 nitrogen and oxygen atoms in total. The molecule has 0 aliphatic rings. The van der Waals surface area contributed by atoms with Crippen LogP contribution in [0.4, 0.5) is 0 Å². The van der Waals surface area contributed by atoms with Gasteiger partial charge in [0.1, 0.15) is 0 Å². The largest absolute Gasteiger partial charge is 2.00 e. The van der Waals surface area contributed by atoms with E-state index in [1.54, 1.807) is 0 Å². The third kappa shape index (κ3) is 15.4. The fraction of sp³-hybridized carbons (Fsp3) is 0.917. The van der Waals surface area contributed by atoms with Gasteiger partial charge in [0.2, 0.25) is 0 Å². The Kier molecular flexibility index (Phi) is 26.5. The second-order valence-electron chi connectivity index (χ2n) is 3.52. The average molecular weight is 353 g/mol. The summed E-state index contributed by atoms with van der Waals surface area (Å²) >= 11 is 0. The Hall–Kier alpha value is 1.42. The molecule has 0 aromatic rings. The number of hydrogen-bond donors (Lipinski definition) is 0. The Morgan fingerprint density at radius 3 is 1.88 bits per heavy atom. The standard InChI is InChI=1S/C12H25O2.HI.Mg/c1-4-7-8-9-12(13-10-5-2)14-11-6-3;;/h12H,1,4-11H2,2-3H3;1H;/q-1;;+2/p-1. The summed E-state index contributed by atoms with van der Waals surface area (Å²) < 4.78 is 11.2. The second kappa shape index (κ2) is 18.8. The smallest absolute Gasteiger partial charge is 1.00 e. The molecule has 0 radical (unpaired) electrons. The van der Waals surface area contributed by atoms with Crippen LogP contribution in [0.25, 0.3) is 0 Å². The molecule has 16 heavy (non-hydrogen) atoms. The fourth-order valence-electron chi connectivity index (χ4n) is 1.20. The molecule has 0 saturated heterocycles. The van der Waals surface area contributed by atoms with Gasteiger partial charge in [0, 0.05) is 13.2 Å². The molecular formula is C12H25IMgO2. The van der Waals surface area contributed by atoms with Crippen molar-refractivity contribution in [2.24, 2.45) is 0 Å². The molecule has 0 amide bonds. The Morgan fingerprint density at radius 2 is 1.50 bits per heavy atom. The molecule has 0 aliphatic heterocycles. The van der Waals surface area contributed by atoms with Crippen molar-refractivity contribution < 1.29 is 33.5 Å². The van der Waals surface area contributed by atoms with E-state index in [1.807, 2.05) is 0 Å². The molecule has 94 valence electrons. The second-order valence-corrected chi connectivity index (χ2v) is 3.52. The van der Waals surface area contributed by atoms with Crippen molar-refractivity contribution >= 4 is 23.1 Å². The van der Waals surface area contributed by atoms with Gasteiger partial charge in [-0.15, -0.1) is 0 Å². The van der Waals surface area contributed by atoms with Gasteiger partial charge < -0.3 is 40.4 Å². The zero-order valence-electron chi connectivity index (χ0n) is 10.8. The molecule has 0 N–H and O–H groups in total. The minimum atomic E-state index is 0. The van der Waals surface area contributed by atoms with Gasteiger partial charge in [-0.1, -0.05) is 26.7 Å². The van der Waals surface area contributed by atoms with E-state index in [0.29, 0.717) is 0 Å². The first-order valence-corrected chi connectivity index (χ1v) is 5.87. The van der Waals surface area contributed by atoms with Crippen LogP contribution >= 0.6 is 0 Å². The normalized spacial score (nSPS) is 9.75. The maximum Gasteiger partial charge on any atom is 2.00 e. The van der Waals surface area contributed by atoms with Crippen molar-refractivity contribution in [2.75, 3.05) is 13.2 Å². The van der Waals surface area contributed by atoms with E-state index in [1.165, 1.54) is 6.42 Å². The summed E-state index contributed by atoms with van der Waals surface area (Å²) in [6, 6.07) is 0. The summed E-state index contributed by atoms with van der Waals surface area (Å²) in [5.74, 6) is 0. The fourth-order valence-corrected chi connectivity index (χ4v) is 1.20. The Balaban J connectivity index is -0.000000845. The number of unbranched alkanes of at least 4 members (excludes halogenated alkanes) is 2. The minimum absolute atomic E-state index is 0. The van der Waals surface area contributed by atoms with Crippen molar-refractivity contribution in [1.29, 1.82) is 0 Å². The first-order valence-electron chi connectivity index (χ1n) is 5.87. The average Bonchev–Trinajstić information content (AvgIpc) is 2.21. The quantitative estimate of drug-likeness (QED) is 0.184. The predicted molar refractivity (Wildman–Crippen MR) is 65.9 cm³/mol. The molecule has 0 aromatic heterocycles. The molecule has 0 spiro atoms. The summed E-state index contributed by atoms with van der Waals surface area (Å²) in [6.45, 7) is 9.67. The SMILES string of the molecule is [CH2-]CCCCC(OCCC)OCCC.[I-].[Mg+2]. The van der Waals surface area contributed by atoms with Crippen molar-refractivity contribution in [1.82, 2.24) is 0 Å². The van der Waals surface area contributed by atoms with Crippen LogP contribution in [-0.4, -0.2) is 42.6 Å². The summed E-state index contributed by atoms with van der Waals surface area (Å²) in [5.41, 5.74) is 0. The van der Waals surface area contributed by atoms with Gasteiger partial charge in [0.25, 0.3) is 0 Å². The van der Waals surface area contributed by atoms with Crippen LogP contribution < -0.4 is 24.0 Å². The van der Waals surface area contributed by atoms with E-state index < -0.39 is 0 Å². The minimum Gasteiger partial charge on any atom is -1.00 e. The van der Waals surface area contributed by atoms with Gasteiger partial charge in [-0.05, 0) is 19.3 Å². The van der Waals surface area contributed by atoms with Crippen LogP contribution in [0, 0.1) is 6.92 Å². The van der Waals surface area contributed by atoms with Crippen molar-refractivity contribution in [3.8, 4) is 0 Å². The van der Waals surface area contributed by atoms with E-state index >= 15 is 0 Å². The van der Waals surface area contributed by atoms with Gasteiger partial charge in [0.05, 0.1) is 0 Å². The summed E-state index contributed by atoms with van der Waals surface area (Å²) in [6.07, 6.45) is 6.47. The first-order chi connectivity index (χ1) is 6.85. The van der Waals surface area contributed by atoms with Crippen molar-refractivity contribution in [3.05, 3.63) is 6.92 Å². The third-order valence-electron chi connectivity index (χ3n) is 1.96. The zero-order valence-corrected chi connectivity index (χ0v) is 14.4. The molecule has 0 heterocycles. The first kappa shape index (κ1) is 22.6. The molecule has 0 unspecified atom stereocenters. The van der Waals surface area contributed by atoms with Crippen molar-refractivity contribution in [2.45, 2.75) is 58.7 Å². The van der Waals surface area contributed by atoms with Gasteiger partial charge >= 0.3 is 23.1 Å². The van der Waals surface area contributed by atoms with Crippen molar-refractivity contribution in [3.63, 3.8) is 0 Å². The maximum absolute atomic E-state index is 5.60. The summed E-state index contributed by atoms with van der Waals surface area (Å²) in [4.78, 5) is 0. The van der Waals surface area contributed by atoms with Crippen LogP contribution in [0.1, 0.15) is 52.4 Å². The topological polar surface area (TPSA) is 18.5 Å². The molecule has 4 heteroatoms. The van der Waals surface area contributed by atoms with Crippen LogP contribution in [0.15, 0.2) is 0 Å². The number of hydrogen-bond acceptors (Lipinski definition) is 2. The number of ether oxygens (including phenoxy) is 2. The Bertz CT molecular complexity index is 107. The Morgan fingerprint density at radius 1 is 1.00 bits per heavy atom. The zero-order chi connectivity index (χ0) is 10.6. The van der Waals surface area contributed by atoms with E-state index in [9.17, 15) is 0 Å².